The van der Waals surface area contributed by atoms with E-state index in [1.54, 1.807) is 0 Å². The van der Waals surface area contributed by atoms with Crippen LogP contribution in [0.3, 0.4) is 0 Å². The maximum Gasteiger partial charge on any atom is 0.573 e. The van der Waals surface area contributed by atoms with E-state index in [2.05, 4.69) is 4.74 Å². The summed E-state index contributed by atoms with van der Waals surface area (Å²) in [5.41, 5.74) is -1.76. The first-order chi connectivity index (χ1) is 8.36. The quantitative estimate of drug-likeness (QED) is 0.325. The molecule has 1 nitrogen and oxygen atoms in total. The molecule has 0 fully saturated rings. The summed E-state index contributed by atoms with van der Waals surface area (Å²) in [6, 6.07) is 0. The molecule has 0 aliphatic heterocycles. The van der Waals surface area contributed by atoms with E-state index in [4.69, 9.17) is 46.4 Å². The van der Waals surface area contributed by atoms with E-state index in [1.165, 1.54) is 0 Å². The zero-order chi connectivity index (χ0) is 15.2. The zero-order valence-corrected chi connectivity index (χ0v) is 11.2. The summed E-state index contributed by atoms with van der Waals surface area (Å²) in [4.78, 5) is 0. The molecule has 11 heteroatoms. The number of rotatable bonds is 1. The van der Waals surface area contributed by atoms with Gasteiger partial charge in [-0.3, -0.25) is 0 Å². The van der Waals surface area contributed by atoms with Crippen molar-refractivity contribution >= 4 is 46.4 Å². The molecule has 0 saturated heterocycles. The van der Waals surface area contributed by atoms with Gasteiger partial charge in [0.15, 0.2) is 5.75 Å². The lowest BCUT2D eigenvalue weighted by atomic mass is 10.2. The van der Waals surface area contributed by atoms with E-state index >= 15 is 0 Å². The lowest BCUT2D eigenvalue weighted by Crippen LogP contribution is -2.19. The molecule has 19 heavy (non-hydrogen) atoms. The molecule has 0 radical (unpaired) electrons. The topological polar surface area (TPSA) is 9.23 Å². The number of hydrogen-bond donors (Lipinski definition) is 0. The summed E-state index contributed by atoms with van der Waals surface area (Å²) < 4.78 is 77.4. The molecule has 0 saturated carbocycles. The van der Waals surface area contributed by atoms with E-state index < -0.39 is 43.9 Å². The average Bonchev–Trinajstić information content (AvgIpc) is 2.18. The fourth-order valence-corrected chi connectivity index (χ4v) is 2.25. The molecule has 1 aromatic carbocycles. The van der Waals surface area contributed by atoms with Gasteiger partial charge in [0.05, 0.1) is 20.6 Å². The third-order valence-corrected chi connectivity index (χ3v) is 3.40. The summed E-state index contributed by atoms with van der Waals surface area (Å²) in [5.74, 6) is -1.46. The van der Waals surface area contributed by atoms with Crippen molar-refractivity contribution in [3.8, 4) is 5.75 Å². The second-order valence-corrected chi connectivity index (χ2v) is 4.52. The molecule has 0 aromatic heterocycles. The molecule has 0 spiro atoms. The molecule has 108 valence electrons. The zero-order valence-electron chi connectivity index (χ0n) is 8.19. The fraction of sp³-hybridized carbons (Fsp3) is 0.250. The van der Waals surface area contributed by atoms with Crippen LogP contribution in [0.15, 0.2) is 0 Å². The summed E-state index contributed by atoms with van der Waals surface area (Å²) in [6.07, 6.45) is -10.4. The van der Waals surface area contributed by atoms with Crippen molar-refractivity contribution in [2.45, 2.75) is 12.5 Å². The van der Waals surface area contributed by atoms with Gasteiger partial charge in [-0.1, -0.05) is 46.4 Å². The van der Waals surface area contributed by atoms with Gasteiger partial charge in [-0.15, -0.1) is 13.2 Å². The minimum Gasteiger partial charge on any atom is -0.403 e. The Morgan fingerprint density at radius 3 is 1.53 bits per heavy atom. The first-order valence-electron chi connectivity index (χ1n) is 4.05. The number of hydrogen-bond acceptors (Lipinski definition) is 1. The molecule has 0 heterocycles. The maximum absolute atomic E-state index is 12.6. The first kappa shape index (κ1) is 16.8. The predicted octanol–water partition coefficient (Wildman–Crippen LogP) is 6.22. The smallest absolute Gasteiger partial charge is 0.403 e. The molecule has 0 unspecified atom stereocenters. The third-order valence-electron chi connectivity index (χ3n) is 1.72. The Morgan fingerprint density at radius 1 is 0.684 bits per heavy atom. The highest BCUT2D eigenvalue weighted by atomic mass is 35.5. The van der Waals surface area contributed by atoms with Gasteiger partial charge in [0.2, 0.25) is 0 Å². The van der Waals surface area contributed by atoms with Gasteiger partial charge in [-0.2, -0.15) is 13.2 Å². The number of halogens is 10. The standard InChI is InChI=1S/C8Cl4F6O/c9-2-1(7(13,14)15)3(10)6(5(12)4(2)11)19-8(16,17)18. The van der Waals surface area contributed by atoms with Crippen molar-refractivity contribution in [3.63, 3.8) is 0 Å². The van der Waals surface area contributed by atoms with Crippen LogP contribution in [0.5, 0.6) is 5.75 Å². The van der Waals surface area contributed by atoms with Crippen LogP contribution in [0.1, 0.15) is 5.56 Å². The molecule has 0 aliphatic carbocycles. The van der Waals surface area contributed by atoms with E-state index in [-0.39, 0.29) is 0 Å². The highest BCUT2D eigenvalue weighted by molar-refractivity contribution is 6.50. The van der Waals surface area contributed by atoms with E-state index in [1.807, 2.05) is 0 Å². The molecular formula is C8Cl4F6O. The molecule has 0 bridgehead atoms. The molecular weight excluding hydrogens is 368 g/mol. The van der Waals surface area contributed by atoms with E-state index in [9.17, 15) is 26.3 Å². The number of alkyl halides is 6. The highest BCUT2D eigenvalue weighted by Crippen LogP contribution is 2.52. The van der Waals surface area contributed by atoms with Crippen LogP contribution in [0.4, 0.5) is 26.3 Å². The van der Waals surface area contributed by atoms with Crippen LogP contribution in [0, 0.1) is 0 Å². The van der Waals surface area contributed by atoms with Gasteiger partial charge < -0.3 is 4.74 Å². The van der Waals surface area contributed by atoms with Crippen molar-refractivity contribution in [2.24, 2.45) is 0 Å². The lowest BCUT2D eigenvalue weighted by Gasteiger charge is -2.18. The van der Waals surface area contributed by atoms with Crippen molar-refractivity contribution in [1.29, 1.82) is 0 Å². The Kier molecular flexibility index (Phi) is 4.67. The Hall–Kier alpha value is -0.240. The van der Waals surface area contributed by atoms with Crippen LogP contribution < -0.4 is 4.74 Å². The Bertz CT molecular complexity index is 510. The van der Waals surface area contributed by atoms with Crippen LogP contribution in [0.25, 0.3) is 0 Å². The summed E-state index contributed by atoms with van der Waals surface area (Å²) in [6.45, 7) is 0. The van der Waals surface area contributed by atoms with Crippen molar-refractivity contribution < 1.29 is 31.1 Å². The van der Waals surface area contributed by atoms with Gasteiger partial charge >= 0.3 is 12.5 Å². The van der Waals surface area contributed by atoms with Gasteiger partial charge in [0, 0.05) is 0 Å². The molecule has 0 N–H and O–H groups in total. The summed E-state index contributed by atoms with van der Waals surface area (Å²) in [7, 11) is 0. The largest absolute Gasteiger partial charge is 0.573 e. The van der Waals surface area contributed by atoms with Gasteiger partial charge in [0.1, 0.15) is 5.02 Å². The van der Waals surface area contributed by atoms with Crippen molar-refractivity contribution in [1.82, 2.24) is 0 Å². The van der Waals surface area contributed by atoms with Gasteiger partial charge in [-0.25, -0.2) is 0 Å². The molecule has 1 rings (SSSR count). The number of ether oxygens (including phenoxy) is 1. The Morgan fingerprint density at radius 2 is 1.16 bits per heavy atom. The molecule has 0 amide bonds. The van der Waals surface area contributed by atoms with E-state index in [0.29, 0.717) is 0 Å². The normalized spacial score (nSPS) is 12.7. The summed E-state index contributed by atoms with van der Waals surface area (Å²) >= 11 is 21.1. The second-order valence-electron chi connectivity index (χ2n) is 3.01. The minimum atomic E-state index is -5.30. The van der Waals surface area contributed by atoms with Crippen LogP contribution in [-0.4, -0.2) is 6.36 Å². The summed E-state index contributed by atoms with van der Waals surface area (Å²) in [5, 5.41) is -4.45. The SMILES string of the molecule is FC(F)(F)Oc1c(Cl)c(Cl)c(Cl)c(C(F)(F)F)c1Cl. The Labute approximate surface area is 121 Å². The van der Waals surface area contributed by atoms with Crippen molar-refractivity contribution in [3.05, 3.63) is 25.7 Å². The average molecular weight is 368 g/mol. The van der Waals surface area contributed by atoms with Crippen LogP contribution in [0.2, 0.25) is 20.1 Å². The lowest BCUT2D eigenvalue weighted by molar-refractivity contribution is -0.274. The highest BCUT2D eigenvalue weighted by Gasteiger charge is 2.42. The molecule has 0 atom stereocenters. The van der Waals surface area contributed by atoms with Gasteiger partial charge in [0.25, 0.3) is 0 Å². The maximum atomic E-state index is 12.6. The van der Waals surface area contributed by atoms with Gasteiger partial charge in [-0.05, 0) is 0 Å². The van der Waals surface area contributed by atoms with E-state index in [0.717, 1.165) is 0 Å². The fourth-order valence-electron chi connectivity index (χ4n) is 1.07. The van der Waals surface area contributed by atoms with Crippen molar-refractivity contribution in [2.75, 3.05) is 0 Å². The Balaban J connectivity index is 3.62. The monoisotopic (exact) mass is 366 g/mol. The van der Waals surface area contributed by atoms with Crippen LogP contribution >= 0.6 is 46.4 Å². The number of benzene rings is 1. The predicted molar refractivity (Wildman–Crippen MR) is 58.2 cm³/mol. The molecule has 0 aliphatic rings. The minimum absolute atomic E-state index is 0.945. The first-order valence-corrected chi connectivity index (χ1v) is 5.56. The molecule has 1 aromatic rings. The third kappa shape index (κ3) is 3.65. The second kappa shape index (κ2) is 5.27. The van der Waals surface area contributed by atoms with Crippen LogP contribution in [-0.2, 0) is 6.18 Å².